The van der Waals surface area contributed by atoms with Crippen molar-refractivity contribution in [3.8, 4) is 0 Å². The zero-order chi connectivity index (χ0) is 15.4. The summed E-state index contributed by atoms with van der Waals surface area (Å²) in [6.07, 6.45) is 4.95. The van der Waals surface area contributed by atoms with Crippen molar-refractivity contribution < 1.29 is 4.79 Å². The minimum absolute atomic E-state index is 0.162. The third kappa shape index (κ3) is 2.88. The van der Waals surface area contributed by atoms with E-state index in [-0.39, 0.29) is 5.91 Å². The van der Waals surface area contributed by atoms with Crippen molar-refractivity contribution in [1.29, 1.82) is 0 Å². The van der Waals surface area contributed by atoms with Crippen LogP contribution >= 0.6 is 0 Å². The highest BCUT2D eigenvalue weighted by atomic mass is 16.1. The van der Waals surface area contributed by atoms with Crippen LogP contribution in [0.3, 0.4) is 0 Å². The maximum Gasteiger partial charge on any atom is 0.253 e. The van der Waals surface area contributed by atoms with Gasteiger partial charge in [-0.2, -0.15) is 5.10 Å². The lowest BCUT2D eigenvalue weighted by atomic mass is 10.2. The van der Waals surface area contributed by atoms with Gasteiger partial charge in [-0.3, -0.25) is 4.79 Å². The monoisotopic (exact) mass is 292 g/mol. The summed E-state index contributed by atoms with van der Waals surface area (Å²) in [5.74, 6) is -0.162. The molecule has 2 aromatic heterocycles. The Kier molecular flexibility index (Phi) is 3.96. The largest absolute Gasteiger partial charge is 0.349 e. The van der Waals surface area contributed by atoms with E-state index in [1.165, 1.54) is 0 Å². The van der Waals surface area contributed by atoms with Gasteiger partial charge in [-0.25, -0.2) is 9.67 Å². The van der Waals surface area contributed by atoms with Crippen LogP contribution in [-0.4, -0.2) is 27.2 Å². The van der Waals surface area contributed by atoms with Crippen molar-refractivity contribution in [2.24, 2.45) is 0 Å². The molecule has 3 aromatic rings. The molecule has 2 heterocycles. The van der Waals surface area contributed by atoms with E-state index in [1.54, 1.807) is 24.5 Å². The number of rotatable bonds is 5. The van der Waals surface area contributed by atoms with Crippen LogP contribution in [0.5, 0.6) is 0 Å². The van der Waals surface area contributed by atoms with E-state index >= 15 is 0 Å². The fourth-order valence-corrected chi connectivity index (χ4v) is 2.23. The van der Waals surface area contributed by atoms with E-state index < -0.39 is 0 Å². The molecule has 0 aliphatic carbocycles. The minimum Gasteiger partial charge on any atom is -0.349 e. The molecule has 0 spiro atoms. The maximum absolute atomic E-state index is 11.9. The van der Waals surface area contributed by atoms with E-state index in [9.17, 15) is 4.79 Å². The molecule has 0 saturated heterocycles. The van der Waals surface area contributed by atoms with Crippen LogP contribution in [0.25, 0.3) is 11.0 Å². The molecule has 22 heavy (non-hydrogen) atoms. The van der Waals surface area contributed by atoms with E-state index in [0.29, 0.717) is 18.7 Å². The number of nitrogens with zero attached hydrogens (tertiary/aromatic N) is 3. The molecular weight excluding hydrogens is 276 g/mol. The van der Waals surface area contributed by atoms with Gasteiger partial charge in [-0.05, 0) is 11.6 Å². The lowest BCUT2D eigenvalue weighted by Crippen LogP contribution is -2.23. The second-order valence-electron chi connectivity index (χ2n) is 4.92. The van der Waals surface area contributed by atoms with Gasteiger partial charge in [0, 0.05) is 18.1 Å². The summed E-state index contributed by atoms with van der Waals surface area (Å²) in [4.78, 5) is 16.3. The summed E-state index contributed by atoms with van der Waals surface area (Å²) in [6, 6.07) is 11.9. The first-order valence-corrected chi connectivity index (χ1v) is 7.02. The third-order valence-corrected chi connectivity index (χ3v) is 3.32. The molecule has 5 nitrogen and oxygen atoms in total. The molecule has 0 aliphatic heterocycles. The molecule has 0 atom stereocenters. The number of aromatic nitrogens is 3. The maximum atomic E-state index is 11.9. The number of benzene rings is 1. The molecule has 0 bridgehead atoms. The summed E-state index contributed by atoms with van der Waals surface area (Å²) in [5.41, 5.74) is 2.44. The van der Waals surface area contributed by atoms with Crippen LogP contribution in [0.15, 0.2) is 61.4 Å². The molecule has 1 aromatic carbocycles. The number of hydrogen-bond donors (Lipinski definition) is 1. The molecule has 5 heteroatoms. The Bertz CT molecular complexity index is 808. The van der Waals surface area contributed by atoms with Gasteiger partial charge in [-0.15, -0.1) is 6.58 Å². The Morgan fingerprint density at radius 1 is 1.27 bits per heavy atom. The fourth-order valence-electron chi connectivity index (χ4n) is 2.23. The number of pyridine rings is 1. The predicted octanol–water partition coefficient (Wildman–Crippen LogP) is 2.40. The lowest BCUT2D eigenvalue weighted by molar-refractivity contribution is 0.0958. The highest BCUT2D eigenvalue weighted by Crippen LogP contribution is 2.14. The highest BCUT2D eigenvalue weighted by Gasteiger charge is 2.10. The number of fused-ring (bicyclic) bond motifs is 1. The number of carbonyl (C=O) groups is 1. The lowest BCUT2D eigenvalue weighted by Gasteiger charge is -2.04. The smallest absolute Gasteiger partial charge is 0.253 e. The molecule has 110 valence electrons. The van der Waals surface area contributed by atoms with E-state index in [1.807, 2.05) is 35.0 Å². The summed E-state index contributed by atoms with van der Waals surface area (Å²) in [6.45, 7) is 4.66. The Labute approximate surface area is 128 Å². The van der Waals surface area contributed by atoms with Crippen LogP contribution in [0, 0.1) is 0 Å². The molecule has 0 fully saturated rings. The quantitative estimate of drug-likeness (QED) is 0.735. The van der Waals surface area contributed by atoms with Gasteiger partial charge in [0.05, 0.1) is 18.3 Å². The molecule has 0 aliphatic rings. The average molecular weight is 292 g/mol. The van der Waals surface area contributed by atoms with Gasteiger partial charge in [0.25, 0.3) is 5.91 Å². The highest BCUT2D eigenvalue weighted by molar-refractivity contribution is 5.96. The third-order valence-electron chi connectivity index (χ3n) is 3.32. The van der Waals surface area contributed by atoms with Crippen molar-refractivity contribution in [2.75, 3.05) is 6.54 Å². The SMILES string of the molecule is C=CCNC(=O)c1cnc2c(cnn2Cc2ccccc2)c1. The zero-order valence-corrected chi connectivity index (χ0v) is 12.1. The molecule has 3 rings (SSSR count). The first-order valence-electron chi connectivity index (χ1n) is 7.02. The number of hydrogen-bond acceptors (Lipinski definition) is 3. The first kappa shape index (κ1) is 14.0. The average Bonchev–Trinajstić information content (AvgIpc) is 2.96. The van der Waals surface area contributed by atoms with Crippen LogP contribution < -0.4 is 5.32 Å². The van der Waals surface area contributed by atoms with Crippen molar-refractivity contribution >= 4 is 16.9 Å². The van der Waals surface area contributed by atoms with Crippen molar-refractivity contribution in [3.63, 3.8) is 0 Å². The summed E-state index contributed by atoms with van der Waals surface area (Å²) in [5, 5.41) is 7.94. The molecule has 0 unspecified atom stereocenters. The molecular formula is C17H16N4O. The fraction of sp³-hybridized carbons (Fsp3) is 0.118. The number of amides is 1. The van der Waals surface area contributed by atoms with Gasteiger partial charge >= 0.3 is 0 Å². The van der Waals surface area contributed by atoms with E-state index in [2.05, 4.69) is 22.0 Å². The Balaban J connectivity index is 1.86. The summed E-state index contributed by atoms with van der Waals surface area (Å²) in [7, 11) is 0. The van der Waals surface area contributed by atoms with Crippen LogP contribution in [-0.2, 0) is 6.54 Å². The van der Waals surface area contributed by atoms with Gasteiger partial charge in [0.15, 0.2) is 5.65 Å². The second-order valence-corrected chi connectivity index (χ2v) is 4.92. The standard InChI is InChI=1S/C17H16N4O/c1-2-8-18-17(22)15-9-14-11-20-21(16(14)19-10-15)12-13-6-4-3-5-7-13/h2-7,9-11H,1,8,12H2,(H,18,22). The Morgan fingerprint density at radius 2 is 2.09 bits per heavy atom. The number of nitrogens with one attached hydrogen (secondary N) is 1. The van der Waals surface area contributed by atoms with E-state index in [4.69, 9.17) is 0 Å². The summed E-state index contributed by atoms with van der Waals surface area (Å²) >= 11 is 0. The van der Waals surface area contributed by atoms with Gasteiger partial charge in [0.2, 0.25) is 0 Å². The second kappa shape index (κ2) is 6.22. The molecule has 0 radical (unpaired) electrons. The Morgan fingerprint density at radius 3 is 2.86 bits per heavy atom. The van der Waals surface area contributed by atoms with Crippen LogP contribution in [0.4, 0.5) is 0 Å². The van der Waals surface area contributed by atoms with Crippen LogP contribution in [0.2, 0.25) is 0 Å². The predicted molar refractivity (Wildman–Crippen MR) is 85.6 cm³/mol. The molecule has 1 N–H and O–H groups in total. The summed E-state index contributed by atoms with van der Waals surface area (Å²) < 4.78 is 1.83. The van der Waals surface area contributed by atoms with Crippen LogP contribution in [0.1, 0.15) is 15.9 Å². The Hall–Kier alpha value is -2.95. The molecule has 1 amide bonds. The molecule has 0 saturated carbocycles. The van der Waals surface area contributed by atoms with Crippen molar-refractivity contribution in [1.82, 2.24) is 20.1 Å². The van der Waals surface area contributed by atoms with Gasteiger partial charge in [-0.1, -0.05) is 36.4 Å². The van der Waals surface area contributed by atoms with Gasteiger partial charge < -0.3 is 5.32 Å². The van der Waals surface area contributed by atoms with Crippen molar-refractivity contribution in [2.45, 2.75) is 6.54 Å². The van der Waals surface area contributed by atoms with Gasteiger partial charge in [0.1, 0.15) is 0 Å². The normalized spacial score (nSPS) is 10.5. The number of carbonyl (C=O) groups excluding carboxylic acids is 1. The zero-order valence-electron chi connectivity index (χ0n) is 12.1. The topological polar surface area (TPSA) is 59.8 Å². The first-order chi connectivity index (χ1) is 10.8. The minimum atomic E-state index is -0.162. The van der Waals surface area contributed by atoms with Crippen molar-refractivity contribution in [3.05, 3.63) is 72.6 Å². The van der Waals surface area contributed by atoms with E-state index in [0.717, 1.165) is 16.6 Å².